The zero-order valence-corrected chi connectivity index (χ0v) is 34.6. The Morgan fingerprint density at radius 1 is 0.520 bits per heavy atom. The predicted octanol–water partition coefficient (Wildman–Crippen LogP) is 15.0. The Kier molecular flexibility index (Phi) is 27.5. The second-order valence-electron chi connectivity index (χ2n) is 13.7. The van der Waals surface area contributed by atoms with Crippen LogP contribution in [0.1, 0.15) is 171 Å². The summed E-state index contributed by atoms with van der Waals surface area (Å²) in [6.45, 7) is 26.6. The molecule has 0 aliphatic carbocycles. The molecule has 0 saturated heterocycles. The molecule has 0 aromatic heterocycles. The summed E-state index contributed by atoms with van der Waals surface area (Å²) in [4.78, 5) is 0. The summed E-state index contributed by atoms with van der Waals surface area (Å²) >= 11 is 0. The first-order valence-electron chi connectivity index (χ1n) is 19.8. The summed E-state index contributed by atoms with van der Waals surface area (Å²) in [5.41, 5.74) is 24.8. The molecule has 0 unspecified atom stereocenters. The Labute approximate surface area is 324 Å². The molecule has 0 amide bonds. The summed E-state index contributed by atoms with van der Waals surface area (Å²) in [5, 5.41) is 0. The predicted molar refractivity (Wildman–Crippen MR) is 220 cm³/mol. The normalized spacial score (nSPS) is 12.2. The van der Waals surface area contributed by atoms with Crippen LogP contribution in [-0.2, 0) is 46.1 Å². The number of hydrogen-bond acceptors (Lipinski definition) is 0. The van der Waals surface area contributed by atoms with Crippen LogP contribution >= 0.6 is 0 Å². The van der Waals surface area contributed by atoms with Crippen molar-refractivity contribution in [1.82, 2.24) is 0 Å². The Bertz CT molecular complexity index is 1270. The SMILES string of the molecule is C=C[CH2-].C=C[CH2-].CCCCCc1cc(CCCCC)cc(C2=C(C)C(CCCC)=C(c3cc(CCCCC)cc(CCCCC)c3)[N+]2=[N-])c1.[Pd+2]. The van der Waals surface area contributed by atoms with Crippen LogP contribution in [0, 0.1) is 13.8 Å². The fourth-order valence-electron chi connectivity index (χ4n) is 6.71. The van der Waals surface area contributed by atoms with Crippen LogP contribution in [0.25, 0.3) is 16.9 Å². The molecule has 0 spiro atoms. The minimum absolute atomic E-state index is 0. The number of benzene rings is 2. The molecule has 1 heterocycles. The zero-order valence-electron chi connectivity index (χ0n) is 33.1. The van der Waals surface area contributed by atoms with Gasteiger partial charge in [0.1, 0.15) is 0 Å². The molecule has 1 aliphatic rings. The first-order valence-corrected chi connectivity index (χ1v) is 19.8. The van der Waals surface area contributed by atoms with Crippen molar-refractivity contribution in [3.63, 3.8) is 0 Å². The first-order chi connectivity index (χ1) is 23.8. The van der Waals surface area contributed by atoms with Crippen molar-refractivity contribution in [2.75, 3.05) is 0 Å². The van der Waals surface area contributed by atoms with Crippen molar-refractivity contribution in [3.8, 4) is 0 Å². The maximum absolute atomic E-state index is 12.1. The van der Waals surface area contributed by atoms with E-state index in [9.17, 15) is 5.53 Å². The van der Waals surface area contributed by atoms with Gasteiger partial charge in [0.15, 0.2) is 0 Å². The maximum Gasteiger partial charge on any atom is 2.00 e. The monoisotopic (exact) mass is 770 g/mol. The van der Waals surface area contributed by atoms with Crippen LogP contribution in [0.2, 0.25) is 0 Å². The molecular formula is C47H72N2Pd. The molecule has 3 heteroatoms. The van der Waals surface area contributed by atoms with Gasteiger partial charge in [-0.1, -0.05) is 105 Å². The van der Waals surface area contributed by atoms with E-state index in [-0.39, 0.29) is 20.4 Å². The van der Waals surface area contributed by atoms with Crippen molar-refractivity contribution in [1.29, 1.82) is 0 Å². The minimum atomic E-state index is 0. The maximum atomic E-state index is 12.1. The summed E-state index contributed by atoms with van der Waals surface area (Å²) < 4.78 is 1.59. The van der Waals surface area contributed by atoms with Gasteiger partial charge >= 0.3 is 20.4 Å². The van der Waals surface area contributed by atoms with E-state index >= 15 is 0 Å². The zero-order chi connectivity index (χ0) is 36.4. The van der Waals surface area contributed by atoms with Gasteiger partial charge in [0.2, 0.25) is 11.4 Å². The van der Waals surface area contributed by atoms with Gasteiger partial charge in [-0.3, -0.25) is 0 Å². The number of rotatable bonds is 21. The molecule has 0 atom stereocenters. The number of unbranched alkanes of at least 4 members (excludes halogenated alkanes) is 9. The first kappa shape index (κ1) is 47.4. The number of allylic oxidation sites excluding steroid dienone is 4. The van der Waals surface area contributed by atoms with E-state index < -0.39 is 0 Å². The molecule has 0 saturated carbocycles. The van der Waals surface area contributed by atoms with E-state index in [4.69, 9.17) is 0 Å². The quantitative estimate of drug-likeness (QED) is 0.0523. The van der Waals surface area contributed by atoms with Crippen molar-refractivity contribution in [2.45, 2.75) is 164 Å². The Morgan fingerprint density at radius 3 is 1.12 bits per heavy atom. The van der Waals surface area contributed by atoms with Crippen molar-refractivity contribution in [3.05, 3.63) is 126 Å². The molecule has 3 rings (SSSR count). The fraction of sp³-hybridized carbons (Fsp3) is 0.532. The van der Waals surface area contributed by atoms with Crippen LogP contribution < -0.4 is 0 Å². The Morgan fingerprint density at radius 2 is 0.820 bits per heavy atom. The summed E-state index contributed by atoms with van der Waals surface area (Å²) in [7, 11) is 0. The molecule has 0 fully saturated rings. The molecule has 2 aromatic rings. The third kappa shape index (κ3) is 16.6. The smallest absolute Gasteiger partial charge is 0.493 e. The second-order valence-corrected chi connectivity index (χ2v) is 13.7. The topological polar surface area (TPSA) is 25.3 Å². The van der Waals surface area contributed by atoms with Crippen LogP contribution in [-0.4, -0.2) is 4.70 Å². The van der Waals surface area contributed by atoms with Gasteiger partial charge in [-0.2, -0.15) is 0 Å². The van der Waals surface area contributed by atoms with E-state index in [1.54, 1.807) is 4.70 Å². The molecular weight excluding hydrogens is 699 g/mol. The largest absolute Gasteiger partial charge is 2.00 e. The molecule has 0 radical (unpaired) electrons. The molecule has 280 valence electrons. The summed E-state index contributed by atoms with van der Waals surface area (Å²) in [6.07, 6.45) is 25.7. The van der Waals surface area contributed by atoms with Crippen molar-refractivity contribution >= 4 is 11.4 Å². The number of nitrogens with zero attached hydrogens (tertiary/aromatic N) is 2. The van der Waals surface area contributed by atoms with Crippen LogP contribution in [0.15, 0.2) is 72.9 Å². The number of aryl methyl sites for hydroxylation is 4. The van der Waals surface area contributed by atoms with Gasteiger partial charge in [-0.25, -0.2) is 43.9 Å². The van der Waals surface area contributed by atoms with Gasteiger partial charge in [-0.05, 0) is 118 Å². The molecule has 50 heavy (non-hydrogen) atoms. The Balaban J connectivity index is 0.00000319. The molecule has 0 bridgehead atoms. The molecule has 2 nitrogen and oxygen atoms in total. The van der Waals surface area contributed by atoms with E-state index in [0.29, 0.717) is 0 Å². The standard InChI is InChI=1S/C41H62N2.2C3H5.Pd/c1-7-12-17-21-33-26-34(22-18-13-8-2)29-37(28-33)40-32(6)39(25-16-11-5)41(43(40)42)38-30-35(23-19-14-9-3)27-36(31-38)24-20-15-10-4;2*1-3-2;/h26-31H,7-25H2,1-6H3;2*3H,1-2H2;/q;2*-1;+2. The van der Waals surface area contributed by atoms with Crippen molar-refractivity contribution in [2.24, 2.45) is 0 Å². The van der Waals surface area contributed by atoms with Gasteiger partial charge in [0, 0.05) is 22.3 Å². The average molecular weight is 772 g/mol. The Hall–Kier alpha value is -2.60. The van der Waals surface area contributed by atoms with Crippen molar-refractivity contribution < 1.29 is 25.1 Å². The van der Waals surface area contributed by atoms with Gasteiger partial charge in [0.25, 0.3) is 0 Å². The third-order valence-corrected chi connectivity index (χ3v) is 9.23. The van der Waals surface area contributed by atoms with Gasteiger partial charge in [-0.15, -0.1) is 0 Å². The second kappa shape index (κ2) is 29.0. The molecule has 2 aromatic carbocycles. The van der Waals surface area contributed by atoms with Crippen LogP contribution in [0.5, 0.6) is 0 Å². The number of hydrogen-bond donors (Lipinski definition) is 0. The van der Waals surface area contributed by atoms with Gasteiger partial charge < -0.3 is 5.53 Å². The van der Waals surface area contributed by atoms with Crippen LogP contribution in [0.3, 0.4) is 0 Å². The summed E-state index contributed by atoms with van der Waals surface area (Å²) in [5.74, 6) is 0. The minimum Gasteiger partial charge on any atom is -0.493 e. The fourth-order valence-corrected chi connectivity index (χ4v) is 6.71. The molecule has 0 N–H and O–H groups in total. The third-order valence-electron chi connectivity index (χ3n) is 9.23. The van der Waals surface area contributed by atoms with E-state index in [1.807, 2.05) is 0 Å². The summed E-state index contributed by atoms with van der Waals surface area (Å²) in [6, 6.07) is 14.4. The average Bonchev–Trinajstić information content (AvgIpc) is 3.33. The van der Waals surface area contributed by atoms with E-state index in [2.05, 4.69) is 105 Å². The molecule has 1 aliphatic heterocycles. The van der Waals surface area contributed by atoms with E-state index in [0.717, 1.165) is 56.3 Å². The van der Waals surface area contributed by atoms with Crippen LogP contribution in [0.4, 0.5) is 0 Å². The van der Waals surface area contributed by atoms with E-state index in [1.165, 1.54) is 134 Å². The van der Waals surface area contributed by atoms with Gasteiger partial charge in [0.05, 0.1) is 0 Å².